The van der Waals surface area contributed by atoms with Crippen LogP contribution in [-0.4, -0.2) is 16.9 Å². The number of rotatable bonds is 5. The molecule has 1 aromatic carbocycles. The van der Waals surface area contributed by atoms with E-state index < -0.39 is 11.3 Å². The number of nitrogens with one attached hydrogen (secondary N) is 1. The maximum absolute atomic E-state index is 12.4. The predicted molar refractivity (Wildman–Crippen MR) is 87.1 cm³/mol. The minimum Gasteiger partial charge on any atom is -0.508 e. The predicted octanol–water partition coefficient (Wildman–Crippen LogP) is 2.76. The van der Waals surface area contributed by atoms with E-state index in [4.69, 9.17) is 5.73 Å². The van der Waals surface area contributed by atoms with Gasteiger partial charge < -0.3 is 16.2 Å². The monoisotopic (exact) mass is 318 g/mol. The van der Waals surface area contributed by atoms with Crippen molar-refractivity contribution in [1.29, 1.82) is 0 Å². The summed E-state index contributed by atoms with van der Waals surface area (Å²) in [7, 11) is 0. The molecular formula is C16H18N2O3S. The highest BCUT2D eigenvalue weighted by Crippen LogP contribution is 2.26. The van der Waals surface area contributed by atoms with Gasteiger partial charge in [-0.05, 0) is 30.2 Å². The highest BCUT2D eigenvalue weighted by molar-refractivity contribution is 7.12. The van der Waals surface area contributed by atoms with E-state index in [2.05, 4.69) is 5.32 Å². The molecule has 5 nitrogen and oxygen atoms in total. The Bertz CT molecular complexity index is 690. The highest BCUT2D eigenvalue weighted by Gasteiger charge is 2.28. The number of phenols is 1. The maximum atomic E-state index is 12.4. The molecule has 2 amide bonds. The quantitative estimate of drug-likeness (QED) is 0.791. The summed E-state index contributed by atoms with van der Waals surface area (Å²) in [5, 5.41) is 13.8. The molecule has 2 aromatic rings. The number of phenolic OH excluding ortho intramolecular Hbond substituents is 1. The fourth-order valence-corrected chi connectivity index (χ4v) is 2.73. The Hall–Kier alpha value is -2.34. The van der Waals surface area contributed by atoms with Crippen LogP contribution >= 0.6 is 11.3 Å². The minimum absolute atomic E-state index is 0.144. The Morgan fingerprint density at radius 3 is 2.45 bits per heavy atom. The smallest absolute Gasteiger partial charge is 0.258 e. The fourth-order valence-electron chi connectivity index (χ4n) is 2.04. The molecule has 0 saturated heterocycles. The number of amides is 2. The highest BCUT2D eigenvalue weighted by atomic mass is 32.1. The van der Waals surface area contributed by atoms with Crippen LogP contribution in [0.15, 0.2) is 35.7 Å². The summed E-state index contributed by atoms with van der Waals surface area (Å²) in [5.41, 5.74) is 6.09. The SMILES string of the molecule is CC(C)(Cc1ccc(O)cc1)C(=O)Nc1csc(C(N)=O)c1. The molecule has 0 aliphatic carbocycles. The molecule has 0 spiro atoms. The lowest BCUT2D eigenvalue weighted by Crippen LogP contribution is -2.32. The summed E-state index contributed by atoms with van der Waals surface area (Å²) in [5.74, 6) is -0.452. The van der Waals surface area contributed by atoms with Gasteiger partial charge in [0.15, 0.2) is 0 Å². The zero-order valence-corrected chi connectivity index (χ0v) is 13.2. The molecule has 0 atom stereocenters. The van der Waals surface area contributed by atoms with Gasteiger partial charge in [0.2, 0.25) is 5.91 Å². The fraction of sp³-hybridized carbons (Fsp3) is 0.250. The lowest BCUT2D eigenvalue weighted by Gasteiger charge is -2.23. The number of hydrogen-bond acceptors (Lipinski definition) is 4. The summed E-state index contributed by atoms with van der Waals surface area (Å²) < 4.78 is 0. The Labute approximate surface area is 132 Å². The van der Waals surface area contributed by atoms with E-state index in [-0.39, 0.29) is 11.7 Å². The molecule has 4 N–H and O–H groups in total. The van der Waals surface area contributed by atoms with Crippen LogP contribution < -0.4 is 11.1 Å². The summed E-state index contributed by atoms with van der Waals surface area (Å²) in [6, 6.07) is 8.35. The van der Waals surface area contributed by atoms with E-state index >= 15 is 0 Å². The number of anilines is 1. The molecular weight excluding hydrogens is 300 g/mol. The number of benzene rings is 1. The zero-order chi connectivity index (χ0) is 16.3. The molecule has 0 radical (unpaired) electrons. The zero-order valence-electron chi connectivity index (χ0n) is 12.4. The van der Waals surface area contributed by atoms with Crippen molar-refractivity contribution in [3.8, 4) is 5.75 Å². The second-order valence-corrected chi connectivity index (χ2v) is 6.66. The molecule has 6 heteroatoms. The normalized spacial score (nSPS) is 11.2. The van der Waals surface area contributed by atoms with Crippen LogP contribution in [0.1, 0.15) is 29.1 Å². The average molecular weight is 318 g/mol. The molecule has 0 unspecified atom stereocenters. The van der Waals surface area contributed by atoms with Gasteiger partial charge in [-0.25, -0.2) is 0 Å². The molecule has 116 valence electrons. The van der Waals surface area contributed by atoms with E-state index in [9.17, 15) is 14.7 Å². The van der Waals surface area contributed by atoms with Crippen molar-refractivity contribution in [3.05, 3.63) is 46.2 Å². The molecule has 0 fully saturated rings. The van der Waals surface area contributed by atoms with Crippen LogP contribution in [0.5, 0.6) is 5.75 Å². The number of primary amides is 1. The van der Waals surface area contributed by atoms with Gasteiger partial charge in [0.1, 0.15) is 5.75 Å². The number of hydrogen-bond donors (Lipinski definition) is 3. The van der Waals surface area contributed by atoms with Gasteiger partial charge in [-0.15, -0.1) is 11.3 Å². The third kappa shape index (κ3) is 3.85. The van der Waals surface area contributed by atoms with Gasteiger partial charge in [0.05, 0.1) is 10.6 Å². The number of aromatic hydroxyl groups is 1. The van der Waals surface area contributed by atoms with Crippen molar-refractivity contribution in [3.63, 3.8) is 0 Å². The third-order valence-electron chi connectivity index (χ3n) is 3.30. The van der Waals surface area contributed by atoms with Crippen LogP contribution in [0.25, 0.3) is 0 Å². The van der Waals surface area contributed by atoms with Crippen molar-refractivity contribution < 1.29 is 14.7 Å². The van der Waals surface area contributed by atoms with Crippen LogP contribution in [-0.2, 0) is 11.2 Å². The molecule has 0 bridgehead atoms. The molecule has 22 heavy (non-hydrogen) atoms. The third-order valence-corrected chi connectivity index (χ3v) is 4.24. The molecule has 1 heterocycles. The van der Waals surface area contributed by atoms with Gasteiger partial charge in [-0.3, -0.25) is 9.59 Å². The van der Waals surface area contributed by atoms with Gasteiger partial charge in [-0.1, -0.05) is 26.0 Å². The Morgan fingerprint density at radius 1 is 1.27 bits per heavy atom. The molecule has 0 aliphatic heterocycles. The average Bonchev–Trinajstić information content (AvgIpc) is 2.90. The Balaban J connectivity index is 2.05. The first kappa shape index (κ1) is 16.0. The van der Waals surface area contributed by atoms with Gasteiger partial charge in [-0.2, -0.15) is 0 Å². The first-order chi connectivity index (χ1) is 10.3. The van der Waals surface area contributed by atoms with Gasteiger partial charge in [0.25, 0.3) is 5.91 Å². The first-order valence-corrected chi connectivity index (χ1v) is 7.63. The summed E-state index contributed by atoms with van der Waals surface area (Å²) in [6.07, 6.45) is 0.534. The summed E-state index contributed by atoms with van der Waals surface area (Å²) >= 11 is 1.20. The number of thiophene rings is 1. The standard InChI is InChI=1S/C16H18N2O3S/c1-16(2,8-10-3-5-12(19)6-4-10)15(21)18-11-7-13(14(17)20)22-9-11/h3-7,9,19H,8H2,1-2H3,(H2,17,20)(H,18,21). The van der Waals surface area contributed by atoms with Crippen LogP contribution in [0.3, 0.4) is 0 Å². The van der Waals surface area contributed by atoms with Gasteiger partial charge >= 0.3 is 0 Å². The molecule has 2 rings (SSSR count). The number of carbonyl (C=O) groups is 2. The molecule has 0 saturated carbocycles. The van der Waals surface area contributed by atoms with Crippen LogP contribution in [0.2, 0.25) is 0 Å². The van der Waals surface area contributed by atoms with Gasteiger partial charge in [0, 0.05) is 10.8 Å². The first-order valence-electron chi connectivity index (χ1n) is 6.75. The summed E-state index contributed by atoms with van der Waals surface area (Å²) in [4.78, 5) is 23.9. The van der Waals surface area contributed by atoms with Crippen molar-refractivity contribution in [2.45, 2.75) is 20.3 Å². The van der Waals surface area contributed by atoms with E-state index in [1.165, 1.54) is 11.3 Å². The van der Waals surface area contributed by atoms with Crippen molar-refractivity contribution >= 4 is 28.8 Å². The topological polar surface area (TPSA) is 92.4 Å². The van der Waals surface area contributed by atoms with E-state index in [0.29, 0.717) is 17.0 Å². The van der Waals surface area contributed by atoms with E-state index in [0.717, 1.165) is 5.56 Å². The van der Waals surface area contributed by atoms with E-state index in [1.807, 2.05) is 13.8 Å². The maximum Gasteiger partial charge on any atom is 0.258 e. The lowest BCUT2D eigenvalue weighted by atomic mass is 9.84. The summed E-state index contributed by atoms with van der Waals surface area (Å²) in [6.45, 7) is 3.69. The largest absolute Gasteiger partial charge is 0.508 e. The number of nitrogens with two attached hydrogens (primary N) is 1. The molecule has 0 aliphatic rings. The Morgan fingerprint density at radius 2 is 1.91 bits per heavy atom. The number of carbonyl (C=O) groups excluding carboxylic acids is 2. The Kier molecular flexibility index (Phi) is 4.51. The van der Waals surface area contributed by atoms with Crippen LogP contribution in [0.4, 0.5) is 5.69 Å². The van der Waals surface area contributed by atoms with Crippen molar-refractivity contribution in [2.24, 2.45) is 11.1 Å². The lowest BCUT2D eigenvalue weighted by molar-refractivity contribution is -0.123. The second-order valence-electron chi connectivity index (χ2n) is 5.75. The van der Waals surface area contributed by atoms with Crippen LogP contribution in [0, 0.1) is 5.41 Å². The minimum atomic E-state index is -0.633. The second kappa shape index (κ2) is 6.19. The van der Waals surface area contributed by atoms with Crippen molar-refractivity contribution in [2.75, 3.05) is 5.32 Å². The van der Waals surface area contributed by atoms with E-state index in [1.54, 1.807) is 35.7 Å². The van der Waals surface area contributed by atoms with Crippen molar-refractivity contribution in [1.82, 2.24) is 0 Å². The molecule has 1 aromatic heterocycles.